The van der Waals surface area contributed by atoms with Crippen molar-refractivity contribution in [1.82, 2.24) is 33.9 Å². The van der Waals surface area contributed by atoms with Crippen LogP contribution in [0.15, 0.2) is 49.3 Å². The molecule has 0 saturated heterocycles. The van der Waals surface area contributed by atoms with Crippen LogP contribution in [0.5, 0.6) is 0 Å². The molecule has 0 aromatic carbocycles. The van der Waals surface area contributed by atoms with Crippen LogP contribution in [0.1, 0.15) is 0 Å². The highest BCUT2D eigenvalue weighted by molar-refractivity contribution is 6.28. The maximum absolute atomic E-state index is 6.02. The van der Waals surface area contributed by atoms with Crippen LogP contribution in [-0.2, 0) is 0 Å². The summed E-state index contributed by atoms with van der Waals surface area (Å²) in [6.07, 6.45) is 8.56. The largest absolute Gasteiger partial charge is 0.297 e. The molecular formula is C13H8ClN7. The highest BCUT2D eigenvalue weighted by Gasteiger charge is 2.11. The Bertz CT molecular complexity index is 913. The standard InChI is InChI=1S/C13H8ClN7/c14-12-17-11(18-13(19-12)20-6-4-15-8-20)9-2-1-3-10-16-5-7-21(9)10/h1-8H. The summed E-state index contributed by atoms with van der Waals surface area (Å²) in [6, 6.07) is 5.70. The number of hydrogen-bond donors (Lipinski definition) is 0. The van der Waals surface area contributed by atoms with Crippen molar-refractivity contribution in [2.75, 3.05) is 0 Å². The van der Waals surface area contributed by atoms with Crippen LogP contribution in [0.25, 0.3) is 23.1 Å². The Kier molecular flexibility index (Phi) is 2.65. The first kappa shape index (κ1) is 12.0. The Morgan fingerprint density at radius 2 is 1.95 bits per heavy atom. The van der Waals surface area contributed by atoms with Gasteiger partial charge in [-0.3, -0.25) is 8.97 Å². The van der Waals surface area contributed by atoms with E-state index < -0.39 is 0 Å². The summed E-state index contributed by atoms with van der Waals surface area (Å²) < 4.78 is 3.56. The van der Waals surface area contributed by atoms with E-state index in [9.17, 15) is 0 Å². The minimum Gasteiger partial charge on any atom is -0.297 e. The Hall–Kier alpha value is -2.80. The summed E-state index contributed by atoms with van der Waals surface area (Å²) in [6.45, 7) is 0. The van der Waals surface area contributed by atoms with Gasteiger partial charge in [0.2, 0.25) is 11.2 Å². The number of aromatic nitrogens is 7. The Morgan fingerprint density at radius 1 is 1.00 bits per heavy atom. The van der Waals surface area contributed by atoms with Crippen LogP contribution in [0.2, 0.25) is 5.28 Å². The van der Waals surface area contributed by atoms with Crippen LogP contribution in [0.4, 0.5) is 0 Å². The lowest BCUT2D eigenvalue weighted by Gasteiger charge is -2.06. The molecule has 0 aliphatic rings. The highest BCUT2D eigenvalue weighted by atomic mass is 35.5. The van der Waals surface area contributed by atoms with Gasteiger partial charge in [-0.05, 0) is 23.7 Å². The van der Waals surface area contributed by atoms with E-state index >= 15 is 0 Å². The van der Waals surface area contributed by atoms with Crippen LogP contribution in [0, 0.1) is 0 Å². The van der Waals surface area contributed by atoms with Crippen molar-refractivity contribution in [3.8, 4) is 17.5 Å². The number of hydrogen-bond acceptors (Lipinski definition) is 5. The van der Waals surface area contributed by atoms with Crippen molar-refractivity contribution in [2.24, 2.45) is 0 Å². The van der Waals surface area contributed by atoms with Crippen molar-refractivity contribution in [3.63, 3.8) is 0 Å². The second kappa shape index (κ2) is 4.64. The van der Waals surface area contributed by atoms with Gasteiger partial charge in [0.15, 0.2) is 5.82 Å². The molecule has 0 radical (unpaired) electrons. The zero-order chi connectivity index (χ0) is 14.2. The first-order chi connectivity index (χ1) is 10.3. The highest BCUT2D eigenvalue weighted by Crippen LogP contribution is 2.19. The number of pyridine rings is 1. The minimum atomic E-state index is 0.126. The monoisotopic (exact) mass is 297 g/mol. The molecule has 0 unspecified atom stereocenters. The fourth-order valence-corrected chi connectivity index (χ4v) is 2.23. The van der Waals surface area contributed by atoms with E-state index in [1.54, 1.807) is 29.5 Å². The van der Waals surface area contributed by atoms with E-state index in [0.29, 0.717) is 11.8 Å². The number of halogens is 1. The predicted molar refractivity (Wildman–Crippen MR) is 76.1 cm³/mol. The second-order valence-electron chi connectivity index (χ2n) is 4.26. The van der Waals surface area contributed by atoms with Gasteiger partial charge in [-0.15, -0.1) is 0 Å². The molecule has 0 N–H and O–H groups in total. The predicted octanol–water partition coefficient (Wildman–Crippen LogP) is 2.03. The first-order valence-corrected chi connectivity index (χ1v) is 6.51. The van der Waals surface area contributed by atoms with Crippen LogP contribution < -0.4 is 0 Å². The molecule has 0 amide bonds. The lowest BCUT2D eigenvalue weighted by atomic mass is 10.3. The fourth-order valence-electron chi connectivity index (χ4n) is 2.08. The molecule has 102 valence electrons. The zero-order valence-corrected chi connectivity index (χ0v) is 11.4. The van der Waals surface area contributed by atoms with E-state index in [4.69, 9.17) is 11.6 Å². The molecule has 4 aromatic heterocycles. The van der Waals surface area contributed by atoms with Gasteiger partial charge in [0, 0.05) is 24.8 Å². The quantitative estimate of drug-likeness (QED) is 0.566. The second-order valence-corrected chi connectivity index (χ2v) is 4.60. The number of imidazole rings is 2. The van der Waals surface area contributed by atoms with Gasteiger partial charge in [0.1, 0.15) is 12.0 Å². The van der Waals surface area contributed by atoms with E-state index in [2.05, 4.69) is 24.9 Å². The summed E-state index contributed by atoms with van der Waals surface area (Å²) >= 11 is 6.02. The first-order valence-electron chi connectivity index (χ1n) is 6.13. The van der Waals surface area contributed by atoms with Crippen molar-refractivity contribution in [3.05, 3.63) is 54.6 Å². The summed E-state index contributed by atoms with van der Waals surface area (Å²) in [7, 11) is 0. The smallest absolute Gasteiger partial charge is 0.239 e. The molecule has 0 saturated carbocycles. The molecular weight excluding hydrogens is 290 g/mol. The molecule has 8 heteroatoms. The minimum absolute atomic E-state index is 0.126. The Balaban J connectivity index is 1.95. The van der Waals surface area contributed by atoms with E-state index in [-0.39, 0.29) is 5.28 Å². The third kappa shape index (κ3) is 2.03. The van der Waals surface area contributed by atoms with Gasteiger partial charge in [-0.1, -0.05) is 6.07 Å². The number of rotatable bonds is 2. The van der Waals surface area contributed by atoms with Crippen LogP contribution >= 0.6 is 11.6 Å². The summed E-state index contributed by atoms with van der Waals surface area (Å²) in [5, 5.41) is 0.126. The third-order valence-electron chi connectivity index (χ3n) is 2.99. The third-order valence-corrected chi connectivity index (χ3v) is 3.16. The van der Waals surface area contributed by atoms with Gasteiger partial charge in [-0.25, -0.2) is 9.97 Å². The molecule has 0 bridgehead atoms. The van der Waals surface area contributed by atoms with Gasteiger partial charge in [0.25, 0.3) is 0 Å². The normalized spacial score (nSPS) is 11.1. The van der Waals surface area contributed by atoms with Gasteiger partial charge < -0.3 is 0 Å². The van der Waals surface area contributed by atoms with E-state index in [0.717, 1.165) is 11.3 Å². The number of nitrogens with zero attached hydrogens (tertiary/aromatic N) is 7. The molecule has 0 aliphatic carbocycles. The molecule has 21 heavy (non-hydrogen) atoms. The fraction of sp³-hybridized carbons (Fsp3) is 0. The molecule has 4 aromatic rings. The molecule has 4 heterocycles. The van der Waals surface area contributed by atoms with Crippen molar-refractivity contribution in [2.45, 2.75) is 0 Å². The van der Waals surface area contributed by atoms with Crippen LogP contribution in [0.3, 0.4) is 0 Å². The lowest BCUT2D eigenvalue weighted by Crippen LogP contribution is -2.04. The maximum Gasteiger partial charge on any atom is 0.239 e. The Morgan fingerprint density at radius 3 is 2.81 bits per heavy atom. The van der Waals surface area contributed by atoms with Crippen molar-refractivity contribution >= 4 is 17.2 Å². The zero-order valence-electron chi connectivity index (χ0n) is 10.6. The van der Waals surface area contributed by atoms with Gasteiger partial charge in [0.05, 0.1) is 5.69 Å². The van der Waals surface area contributed by atoms with Gasteiger partial charge >= 0.3 is 0 Å². The SMILES string of the molecule is Clc1nc(-c2cccc3nccn23)nc(-n2ccnc2)n1. The molecule has 7 nitrogen and oxygen atoms in total. The maximum atomic E-state index is 6.02. The van der Waals surface area contributed by atoms with Crippen molar-refractivity contribution < 1.29 is 0 Å². The molecule has 0 aliphatic heterocycles. The Labute approximate surface area is 123 Å². The van der Waals surface area contributed by atoms with E-state index in [1.807, 2.05) is 28.8 Å². The summed E-state index contributed by atoms with van der Waals surface area (Å²) in [5.41, 5.74) is 1.60. The average Bonchev–Trinajstić information content (AvgIpc) is 3.17. The average molecular weight is 298 g/mol. The lowest BCUT2D eigenvalue weighted by molar-refractivity contribution is 0.894. The number of fused-ring (bicyclic) bond motifs is 1. The molecule has 0 fully saturated rings. The topological polar surface area (TPSA) is 73.8 Å². The molecule has 4 rings (SSSR count). The molecule has 0 spiro atoms. The van der Waals surface area contributed by atoms with Gasteiger partial charge in [-0.2, -0.15) is 15.0 Å². The summed E-state index contributed by atoms with van der Waals surface area (Å²) in [4.78, 5) is 21.0. The molecule has 0 atom stereocenters. The van der Waals surface area contributed by atoms with Crippen LogP contribution in [-0.4, -0.2) is 33.9 Å². The van der Waals surface area contributed by atoms with E-state index in [1.165, 1.54) is 0 Å². The summed E-state index contributed by atoms with van der Waals surface area (Å²) in [5.74, 6) is 0.891. The van der Waals surface area contributed by atoms with Crippen molar-refractivity contribution in [1.29, 1.82) is 0 Å².